The monoisotopic (exact) mass is 320 g/mol. The molecule has 0 radical (unpaired) electrons. The van der Waals surface area contributed by atoms with Gasteiger partial charge in [0.05, 0.1) is 6.42 Å². The Bertz CT molecular complexity index is 607. The molecule has 0 saturated heterocycles. The van der Waals surface area contributed by atoms with Gasteiger partial charge in [0.1, 0.15) is 5.75 Å². The van der Waals surface area contributed by atoms with Crippen molar-refractivity contribution in [3.8, 4) is 5.75 Å². The van der Waals surface area contributed by atoms with Gasteiger partial charge in [0.2, 0.25) is 0 Å². The first-order valence-corrected chi connectivity index (χ1v) is 7.92. The van der Waals surface area contributed by atoms with Crippen molar-refractivity contribution in [1.82, 2.24) is 0 Å². The summed E-state index contributed by atoms with van der Waals surface area (Å²) in [5.41, 5.74) is 1.64. The van der Waals surface area contributed by atoms with E-state index in [1.54, 1.807) is 19.1 Å². The number of phenols is 1. The molecule has 4 heteroatoms. The number of carbonyl (C=O) groups is 2. The Morgan fingerprint density at radius 1 is 1.04 bits per heavy atom. The maximum atomic E-state index is 12.2. The number of hydrogen-bond donors (Lipinski definition) is 2. The molecule has 1 aromatic rings. The molecule has 0 bridgehead atoms. The molecule has 0 unspecified atom stereocenters. The molecular formula is C19H28O4. The number of carboxylic acid groups (broad SMARTS) is 1. The Morgan fingerprint density at radius 3 is 2.09 bits per heavy atom. The minimum atomic E-state index is -0.984. The summed E-state index contributed by atoms with van der Waals surface area (Å²) < 4.78 is 0. The van der Waals surface area contributed by atoms with Crippen LogP contribution in [0.3, 0.4) is 0 Å². The molecule has 4 nitrogen and oxygen atoms in total. The minimum Gasteiger partial charge on any atom is -0.507 e. The van der Waals surface area contributed by atoms with Gasteiger partial charge in [0.25, 0.3) is 0 Å². The first-order chi connectivity index (χ1) is 10.3. The number of Topliss-reactive ketones (excluding diaryl/α,β-unsaturated/α-hetero) is 1. The molecule has 0 fully saturated rings. The van der Waals surface area contributed by atoms with Crippen LogP contribution in [0.1, 0.15) is 75.4 Å². The molecule has 0 aliphatic carbocycles. The molecule has 128 valence electrons. The van der Waals surface area contributed by atoms with Crippen LogP contribution in [0.2, 0.25) is 0 Å². The van der Waals surface area contributed by atoms with Gasteiger partial charge in [0, 0.05) is 17.5 Å². The van der Waals surface area contributed by atoms with E-state index in [-0.39, 0.29) is 35.2 Å². The van der Waals surface area contributed by atoms with Crippen molar-refractivity contribution in [3.05, 3.63) is 28.8 Å². The number of aryl methyl sites for hydroxylation is 1. The molecule has 0 spiro atoms. The zero-order chi connectivity index (χ0) is 18.0. The number of aliphatic carboxylic acids is 1. The summed E-state index contributed by atoms with van der Waals surface area (Å²) >= 11 is 0. The van der Waals surface area contributed by atoms with Gasteiger partial charge in [-0.25, -0.2) is 0 Å². The van der Waals surface area contributed by atoms with Crippen molar-refractivity contribution in [2.24, 2.45) is 5.41 Å². The molecular weight excluding hydrogens is 292 g/mol. The summed E-state index contributed by atoms with van der Waals surface area (Å²) in [4.78, 5) is 22.9. The van der Waals surface area contributed by atoms with E-state index in [0.29, 0.717) is 11.1 Å². The minimum absolute atomic E-state index is 0.0291. The standard InChI is InChI=1S/C19H28O4/c1-12-9-13(15(20)7-8-16(21)22)10-14(17(12)23)19(5,6)11-18(2,3)4/h9-10,23H,7-8,11H2,1-6H3,(H,21,22). The highest BCUT2D eigenvalue weighted by molar-refractivity contribution is 5.98. The summed E-state index contributed by atoms with van der Waals surface area (Å²) in [5, 5.41) is 19.2. The summed E-state index contributed by atoms with van der Waals surface area (Å²) in [6, 6.07) is 3.36. The van der Waals surface area contributed by atoms with Crippen molar-refractivity contribution in [3.63, 3.8) is 0 Å². The maximum Gasteiger partial charge on any atom is 0.303 e. The summed E-state index contributed by atoms with van der Waals surface area (Å²) in [7, 11) is 0. The second-order valence-corrected chi connectivity index (χ2v) is 8.13. The maximum absolute atomic E-state index is 12.2. The van der Waals surface area contributed by atoms with Crippen LogP contribution in [0.5, 0.6) is 5.75 Å². The van der Waals surface area contributed by atoms with Gasteiger partial charge in [-0.15, -0.1) is 0 Å². The largest absolute Gasteiger partial charge is 0.507 e. The molecule has 0 aromatic heterocycles. The highest BCUT2D eigenvalue weighted by atomic mass is 16.4. The van der Waals surface area contributed by atoms with E-state index in [1.807, 2.05) is 0 Å². The van der Waals surface area contributed by atoms with Gasteiger partial charge in [-0.1, -0.05) is 34.6 Å². The second-order valence-electron chi connectivity index (χ2n) is 8.13. The Hall–Kier alpha value is -1.84. The van der Waals surface area contributed by atoms with Crippen molar-refractivity contribution >= 4 is 11.8 Å². The molecule has 0 saturated carbocycles. The topological polar surface area (TPSA) is 74.6 Å². The van der Waals surface area contributed by atoms with Crippen LogP contribution in [0.4, 0.5) is 0 Å². The Balaban J connectivity index is 3.23. The molecule has 0 heterocycles. The third-order valence-electron chi connectivity index (χ3n) is 3.89. The van der Waals surface area contributed by atoms with Crippen molar-refractivity contribution < 1.29 is 19.8 Å². The molecule has 23 heavy (non-hydrogen) atoms. The average molecular weight is 320 g/mol. The van der Waals surface area contributed by atoms with Gasteiger partial charge < -0.3 is 10.2 Å². The van der Waals surface area contributed by atoms with Crippen LogP contribution in [-0.4, -0.2) is 22.0 Å². The molecule has 0 atom stereocenters. The Kier molecular flexibility index (Phi) is 5.62. The highest BCUT2D eigenvalue weighted by Gasteiger charge is 2.31. The van der Waals surface area contributed by atoms with Crippen molar-refractivity contribution in [2.75, 3.05) is 0 Å². The lowest BCUT2D eigenvalue weighted by Crippen LogP contribution is -2.25. The van der Waals surface area contributed by atoms with E-state index < -0.39 is 5.97 Å². The van der Waals surface area contributed by atoms with E-state index in [2.05, 4.69) is 34.6 Å². The van der Waals surface area contributed by atoms with E-state index in [4.69, 9.17) is 5.11 Å². The summed E-state index contributed by atoms with van der Waals surface area (Å²) in [6.07, 6.45) is 0.637. The van der Waals surface area contributed by atoms with Crippen LogP contribution < -0.4 is 0 Å². The van der Waals surface area contributed by atoms with Crippen molar-refractivity contribution in [2.45, 2.75) is 66.2 Å². The summed E-state index contributed by atoms with van der Waals surface area (Å²) in [5.74, 6) is -0.973. The zero-order valence-corrected chi connectivity index (χ0v) is 15.0. The third-order valence-corrected chi connectivity index (χ3v) is 3.89. The van der Waals surface area contributed by atoms with E-state index in [1.165, 1.54) is 0 Å². The predicted octanol–water partition coefficient (Wildman–Crippen LogP) is 4.46. The lowest BCUT2D eigenvalue weighted by molar-refractivity contribution is -0.136. The van der Waals surface area contributed by atoms with Gasteiger partial charge in [-0.05, 0) is 41.9 Å². The smallest absolute Gasteiger partial charge is 0.303 e. The predicted molar refractivity (Wildman–Crippen MR) is 91.1 cm³/mol. The number of carbonyl (C=O) groups excluding carboxylic acids is 1. The number of rotatable bonds is 6. The first kappa shape index (κ1) is 19.2. The molecule has 2 N–H and O–H groups in total. The van der Waals surface area contributed by atoms with Gasteiger partial charge >= 0.3 is 5.97 Å². The summed E-state index contributed by atoms with van der Waals surface area (Å²) in [6.45, 7) is 12.3. The molecule has 1 rings (SSSR count). The Labute approximate surface area is 138 Å². The van der Waals surface area contributed by atoms with Crippen LogP contribution in [-0.2, 0) is 10.2 Å². The van der Waals surface area contributed by atoms with E-state index in [0.717, 1.165) is 12.0 Å². The van der Waals surface area contributed by atoms with Gasteiger partial charge in [-0.2, -0.15) is 0 Å². The molecule has 0 aliphatic heterocycles. The molecule has 1 aromatic carbocycles. The SMILES string of the molecule is Cc1cc(C(=O)CCC(=O)O)cc(C(C)(C)CC(C)(C)C)c1O. The fourth-order valence-corrected chi connectivity index (χ4v) is 3.24. The number of carboxylic acids is 1. The number of phenolic OH excluding ortho intramolecular Hbond substituents is 1. The van der Waals surface area contributed by atoms with Crippen LogP contribution >= 0.6 is 0 Å². The third kappa shape index (κ3) is 5.38. The molecule has 0 aliphatic rings. The lowest BCUT2D eigenvalue weighted by Gasteiger charge is -2.34. The normalized spacial score (nSPS) is 12.3. The van der Waals surface area contributed by atoms with E-state index in [9.17, 15) is 14.7 Å². The number of benzene rings is 1. The van der Waals surface area contributed by atoms with Crippen LogP contribution in [0.25, 0.3) is 0 Å². The van der Waals surface area contributed by atoms with Crippen LogP contribution in [0, 0.1) is 12.3 Å². The average Bonchev–Trinajstić information content (AvgIpc) is 2.35. The first-order valence-electron chi connectivity index (χ1n) is 7.92. The quantitative estimate of drug-likeness (QED) is 0.759. The van der Waals surface area contributed by atoms with Crippen LogP contribution in [0.15, 0.2) is 12.1 Å². The Morgan fingerprint density at radius 2 is 1.61 bits per heavy atom. The second kappa shape index (κ2) is 6.73. The zero-order valence-electron chi connectivity index (χ0n) is 15.0. The highest BCUT2D eigenvalue weighted by Crippen LogP contribution is 2.41. The fraction of sp³-hybridized carbons (Fsp3) is 0.579. The van der Waals surface area contributed by atoms with Gasteiger partial charge in [0.15, 0.2) is 5.78 Å². The number of aromatic hydroxyl groups is 1. The van der Waals surface area contributed by atoms with Crippen molar-refractivity contribution in [1.29, 1.82) is 0 Å². The lowest BCUT2D eigenvalue weighted by atomic mass is 9.71. The molecule has 0 amide bonds. The van der Waals surface area contributed by atoms with E-state index >= 15 is 0 Å². The fourth-order valence-electron chi connectivity index (χ4n) is 3.24. The number of hydrogen-bond acceptors (Lipinski definition) is 3. The van der Waals surface area contributed by atoms with Gasteiger partial charge in [-0.3, -0.25) is 9.59 Å². The number of ketones is 1.